The molecule has 0 saturated heterocycles. The van der Waals surface area contributed by atoms with E-state index in [1.807, 2.05) is 24.3 Å². The van der Waals surface area contributed by atoms with Gasteiger partial charge in [-0.2, -0.15) is 0 Å². The Morgan fingerprint density at radius 2 is 2.00 bits per heavy atom. The van der Waals surface area contributed by atoms with Crippen molar-refractivity contribution < 1.29 is 4.74 Å². The normalized spacial score (nSPS) is 21.1. The molecule has 1 aliphatic rings. The standard InChI is InChI=1S/C14H16O/c1-12-6-5-9-14(15-12)11-10-13-7-3-2-4-8-13/h2-4,7-12H,5-6H2,1H3/b11-10+. The van der Waals surface area contributed by atoms with E-state index in [9.17, 15) is 0 Å². The monoisotopic (exact) mass is 200 g/mol. The van der Waals surface area contributed by atoms with Crippen LogP contribution >= 0.6 is 0 Å². The highest BCUT2D eigenvalue weighted by Gasteiger charge is 2.08. The lowest BCUT2D eigenvalue weighted by molar-refractivity contribution is 0.121. The minimum Gasteiger partial charge on any atom is -0.491 e. The van der Waals surface area contributed by atoms with Gasteiger partial charge < -0.3 is 4.74 Å². The van der Waals surface area contributed by atoms with Crippen LogP contribution in [0.15, 0.2) is 48.2 Å². The first-order valence-corrected chi connectivity index (χ1v) is 5.44. The third kappa shape index (κ3) is 2.98. The summed E-state index contributed by atoms with van der Waals surface area (Å²) in [4.78, 5) is 0. The van der Waals surface area contributed by atoms with Crippen LogP contribution in [0.3, 0.4) is 0 Å². The number of benzene rings is 1. The van der Waals surface area contributed by atoms with E-state index in [1.54, 1.807) is 0 Å². The van der Waals surface area contributed by atoms with Crippen LogP contribution < -0.4 is 0 Å². The Hall–Kier alpha value is -1.50. The van der Waals surface area contributed by atoms with Gasteiger partial charge in [-0.3, -0.25) is 0 Å². The molecule has 1 aliphatic heterocycles. The summed E-state index contributed by atoms with van der Waals surface area (Å²) in [6, 6.07) is 10.3. The number of ether oxygens (including phenoxy) is 1. The van der Waals surface area contributed by atoms with Crippen molar-refractivity contribution in [2.45, 2.75) is 25.9 Å². The van der Waals surface area contributed by atoms with E-state index in [0.717, 1.165) is 18.6 Å². The molecule has 2 rings (SSSR count). The van der Waals surface area contributed by atoms with Gasteiger partial charge in [-0.05, 0) is 37.5 Å². The molecule has 1 aromatic carbocycles. The molecule has 1 atom stereocenters. The Balaban J connectivity index is 2.03. The highest BCUT2D eigenvalue weighted by atomic mass is 16.5. The summed E-state index contributed by atoms with van der Waals surface area (Å²) in [7, 11) is 0. The Bertz CT molecular complexity index is 362. The van der Waals surface area contributed by atoms with E-state index in [1.165, 1.54) is 5.56 Å². The van der Waals surface area contributed by atoms with Crippen molar-refractivity contribution in [3.8, 4) is 0 Å². The molecule has 0 spiro atoms. The first-order chi connectivity index (χ1) is 7.34. The van der Waals surface area contributed by atoms with Crippen molar-refractivity contribution >= 4 is 6.08 Å². The third-order valence-corrected chi connectivity index (χ3v) is 2.50. The maximum atomic E-state index is 5.68. The molecule has 1 aromatic rings. The average Bonchev–Trinajstić information content (AvgIpc) is 2.28. The fourth-order valence-electron chi connectivity index (χ4n) is 1.65. The fourth-order valence-corrected chi connectivity index (χ4v) is 1.65. The molecule has 15 heavy (non-hydrogen) atoms. The molecule has 1 nitrogen and oxygen atoms in total. The molecular weight excluding hydrogens is 184 g/mol. The average molecular weight is 200 g/mol. The van der Waals surface area contributed by atoms with Crippen molar-refractivity contribution in [1.82, 2.24) is 0 Å². The first kappa shape index (κ1) is 10.0. The molecule has 1 unspecified atom stereocenters. The van der Waals surface area contributed by atoms with Crippen molar-refractivity contribution in [2.24, 2.45) is 0 Å². The van der Waals surface area contributed by atoms with Gasteiger partial charge in [0.2, 0.25) is 0 Å². The molecule has 0 aromatic heterocycles. The van der Waals surface area contributed by atoms with Gasteiger partial charge in [-0.15, -0.1) is 0 Å². The Labute approximate surface area is 91.1 Å². The number of allylic oxidation sites excluding steroid dienone is 2. The number of rotatable bonds is 2. The van der Waals surface area contributed by atoms with Gasteiger partial charge in [0.25, 0.3) is 0 Å². The molecule has 0 saturated carbocycles. The zero-order valence-electron chi connectivity index (χ0n) is 9.02. The van der Waals surface area contributed by atoms with Crippen LogP contribution in [0.25, 0.3) is 6.08 Å². The second-order valence-electron chi connectivity index (χ2n) is 3.86. The maximum Gasteiger partial charge on any atom is 0.115 e. The SMILES string of the molecule is CC1CCC=C(/C=C/c2ccccc2)O1. The van der Waals surface area contributed by atoms with E-state index >= 15 is 0 Å². The van der Waals surface area contributed by atoms with Gasteiger partial charge in [0, 0.05) is 0 Å². The van der Waals surface area contributed by atoms with Gasteiger partial charge in [-0.1, -0.05) is 36.4 Å². The summed E-state index contributed by atoms with van der Waals surface area (Å²) < 4.78 is 5.68. The summed E-state index contributed by atoms with van der Waals surface area (Å²) in [6.45, 7) is 2.11. The second kappa shape index (κ2) is 4.83. The minimum atomic E-state index is 0.352. The van der Waals surface area contributed by atoms with E-state index in [-0.39, 0.29) is 0 Å². The van der Waals surface area contributed by atoms with Gasteiger partial charge in [0.05, 0.1) is 6.10 Å². The predicted octanol–water partition coefficient (Wildman–Crippen LogP) is 3.78. The van der Waals surface area contributed by atoms with Crippen LogP contribution in [0.5, 0.6) is 0 Å². The topological polar surface area (TPSA) is 9.23 Å². The van der Waals surface area contributed by atoms with Gasteiger partial charge in [0.15, 0.2) is 0 Å². The lowest BCUT2D eigenvalue weighted by Crippen LogP contribution is -2.10. The van der Waals surface area contributed by atoms with Crippen LogP contribution in [0.1, 0.15) is 25.3 Å². The molecule has 0 amide bonds. The third-order valence-electron chi connectivity index (χ3n) is 2.50. The molecular formula is C14H16O. The molecule has 0 fully saturated rings. The van der Waals surface area contributed by atoms with E-state index < -0.39 is 0 Å². The zero-order chi connectivity index (χ0) is 10.5. The molecule has 0 aliphatic carbocycles. The Morgan fingerprint density at radius 3 is 2.73 bits per heavy atom. The summed E-state index contributed by atoms with van der Waals surface area (Å²) in [6.07, 6.45) is 8.89. The van der Waals surface area contributed by atoms with Crippen molar-refractivity contribution in [2.75, 3.05) is 0 Å². The van der Waals surface area contributed by atoms with E-state index in [0.29, 0.717) is 6.10 Å². The summed E-state index contributed by atoms with van der Waals surface area (Å²) in [5, 5.41) is 0. The van der Waals surface area contributed by atoms with Crippen LogP contribution in [-0.2, 0) is 4.74 Å². The van der Waals surface area contributed by atoms with E-state index in [4.69, 9.17) is 4.74 Å². The fraction of sp³-hybridized carbons (Fsp3) is 0.286. The molecule has 0 bridgehead atoms. The van der Waals surface area contributed by atoms with Crippen LogP contribution in [0, 0.1) is 0 Å². The summed E-state index contributed by atoms with van der Waals surface area (Å²) >= 11 is 0. The highest BCUT2D eigenvalue weighted by Crippen LogP contribution is 2.18. The van der Waals surface area contributed by atoms with Gasteiger partial charge in [-0.25, -0.2) is 0 Å². The van der Waals surface area contributed by atoms with Crippen LogP contribution in [-0.4, -0.2) is 6.10 Å². The predicted molar refractivity (Wildman–Crippen MR) is 63.3 cm³/mol. The Morgan fingerprint density at radius 1 is 1.20 bits per heavy atom. The van der Waals surface area contributed by atoms with Crippen molar-refractivity contribution in [3.05, 3.63) is 53.8 Å². The lowest BCUT2D eigenvalue weighted by Gasteiger charge is -2.19. The van der Waals surface area contributed by atoms with E-state index in [2.05, 4.69) is 31.2 Å². The number of hydrogen-bond acceptors (Lipinski definition) is 1. The Kier molecular flexibility index (Phi) is 3.23. The second-order valence-corrected chi connectivity index (χ2v) is 3.86. The molecule has 0 N–H and O–H groups in total. The first-order valence-electron chi connectivity index (χ1n) is 5.44. The molecule has 78 valence electrons. The van der Waals surface area contributed by atoms with Gasteiger partial charge in [0.1, 0.15) is 5.76 Å². The maximum absolute atomic E-state index is 5.68. The number of hydrogen-bond donors (Lipinski definition) is 0. The minimum absolute atomic E-state index is 0.352. The quantitative estimate of drug-likeness (QED) is 0.706. The van der Waals surface area contributed by atoms with Crippen molar-refractivity contribution in [1.29, 1.82) is 0 Å². The molecule has 1 heterocycles. The highest BCUT2D eigenvalue weighted by molar-refractivity contribution is 5.51. The zero-order valence-corrected chi connectivity index (χ0v) is 9.02. The smallest absolute Gasteiger partial charge is 0.115 e. The molecule has 0 radical (unpaired) electrons. The summed E-state index contributed by atoms with van der Waals surface area (Å²) in [5.74, 6) is 0.998. The molecule has 1 heteroatoms. The summed E-state index contributed by atoms with van der Waals surface area (Å²) in [5.41, 5.74) is 1.21. The van der Waals surface area contributed by atoms with Crippen LogP contribution in [0.4, 0.5) is 0 Å². The lowest BCUT2D eigenvalue weighted by atomic mass is 10.1. The van der Waals surface area contributed by atoms with Crippen molar-refractivity contribution in [3.63, 3.8) is 0 Å². The van der Waals surface area contributed by atoms with Gasteiger partial charge >= 0.3 is 0 Å². The van der Waals surface area contributed by atoms with Crippen LogP contribution in [0.2, 0.25) is 0 Å². The largest absolute Gasteiger partial charge is 0.491 e.